The monoisotopic (exact) mass is 388 g/mol. The molecule has 1 aromatic carbocycles. The number of aromatic nitrogens is 1. The van der Waals surface area contributed by atoms with Crippen LogP contribution in [0.1, 0.15) is 33.0 Å². The van der Waals surface area contributed by atoms with Crippen molar-refractivity contribution in [3.8, 4) is 0 Å². The average Bonchev–Trinajstić information content (AvgIpc) is 2.65. The SMILES string of the molecule is CN(C)CCCNC(=O)c1cccc(C(=O)NCCc2cccc(Cl)c2)n1. The van der Waals surface area contributed by atoms with Crippen LogP contribution in [0.4, 0.5) is 0 Å². The highest BCUT2D eigenvalue weighted by Gasteiger charge is 2.12. The van der Waals surface area contributed by atoms with Crippen LogP contribution in [0.5, 0.6) is 0 Å². The van der Waals surface area contributed by atoms with Crippen molar-refractivity contribution in [1.29, 1.82) is 0 Å². The second-order valence-electron chi connectivity index (χ2n) is 6.46. The van der Waals surface area contributed by atoms with Crippen LogP contribution in [0, 0.1) is 0 Å². The van der Waals surface area contributed by atoms with Gasteiger partial charge in [0.25, 0.3) is 11.8 Å². The number of hydrogen-bond acceptors (Lipinski definition) is 4. The minimum absolute atomic E-state index is 0.224. The van der Waals surface area contributed by atoms with Crippen LogP contribution in [0.15, 0.2) is 42.5 Å². The van der Waals surface area contributed by atoms with Crippen molar-refractivity contribution < 1.29 is 9.59 Å². The first-order valence-electron chi connectivity index (χ1n) is 8.88. The fourth-order valence-electron chi connectivity index (χ4n) is 2.48. The zero-order chi connectivity index (χ0) is 19.6. The predicted molar refractivity (Wildman–Crippen MR) is 107 cm³/mol. The van der Waals surface area contributed by atoms with Crippen LogP contribution in [-0.4, -0.2) is 55.4 Å². The maximum absolute atomic E-state index is 12.3. The molecule has 0 saturated carbocycles. The minimum Gasteiger partial charge on any atom is -0.351 e. The molecule has 0 aliphatic heterocycles. The Morgan fingerprint density at radius 1 is 1.00 bits per heavy atom. The summed E-state index contributed by atoms with van der Waals surface area (Å²) in [6.45, 7) is 1.92. The van der Waals surface area contributed by atoms with Crippen LogP contribution in [0.2, 0.25) is 5.02 Å². The molecule has 2 amide bonds. The highest BCUT2D eigenvalue weighted by Crippen LogP contribution is 2.10. The number of benzene rings is 1. The molecule has 0 aliphatic carbocycles. The van der Waals surface area contributed by atoms with Gasteiger partial charge in [-0.1, -0.05) is 29.8 Å². The molecule has 7 heteroatoms. The first-order chi connectivity index (χ1) is 13.0. The van der Waals surface area contributed by atoms with E-state index in [1.807, 2.05) is 38.4 Å². The molecule has 1 aromatic heterocycles. The number of rotatable bonds is 9. The molecule has 0 bridgehead atoms. The predicted octanol–water partition coefficient (Wildman–Crippen LogP) is 2.39. The second kappa shape index (κ2) is 10.6. The number of pyridine rings is 1. The van der Waals surface area contributed by atoms with Crippen LogP contribution in [-0.2, 0) is 6.42 Å². The Morgan fingerprint density at radius 2 is 1.63 bits per heavy atom. The Hall–Kier alpha value is -2.44. The number of carbonyl (C=O) groups is 2. The van der Waals surface area contributed by atoms with Gasteiger partial charge in [-0.05, 0) is 63.3 Å². The van der Waals surface area contributed by atoms with E-state index in [0.29, 0.717) is 24.5 Å². The molecule has 0 atom stereocenters. The fourth-order valence-corrected chi connectivity index (χ4v) is 2.69. The molecular formula is C20H25ClN4O2. The maximum atomic E-state index is 12.3. The zero-order valence-electron chi connectivity index (χ0n) is 15.7. The van der Waals surface area contributed by atoms with Crippen molar-refractivity contribution in [3.05, 3.63) is 64.4 Å². The lowest BCUT2D eigenvalue weighted by atomic mass is 10.1. The van der Waals surface area contributed by atoms with E-state index in [1.165, 1.54) is 0 Å². The Morgan fingerprint density at radius 3 is 2.26 bits per heavy atom. The van der Waals surface area contributed by atoms with E-state index in [4.69, 9.17) is 11.6 Å². The third-order valence-electron chi connectivity index (χ3n) is 3.87. The van der Waals surface area contributed by atoms with Gasteiger partial charge in [0.2, 0.25) is 0 Å². The third-order valence-corrected chi connectivity index (χ3v) is 4.11. The molecule has 1 heterocycles. The van der Waals surface area contributed by atoms with Gasteiger partial charge < -0.3 is 15.5 Å². The first-order valence-corrected chi connectivity index (χ1v) is 9.26. The highest BCUT2D eigenvalue weighted by molar-refractivity contribution is 6.30. The third kappa shape index (κ3) is 7.37. The summed E-state index contributed by atoms with van der Waals surface area (Å²) in [5.74, 6) is -0.582. The van der Waals surface area contributed by atoms with E-state index in [2.05, 4.69) is 20.5 Å². The topological polar surface area (TPSA) is 74.3 Å². The molecule has 2 rings (SSSR count). The molecule has 144 valence electrons. The van der Waals surface area contributed by atoms with Crippen LogP contribution in [0.3, 0.4) is 0 Å². The molecule has 6 nitrogen and oxygen atoms in total. The zero-order valence-corrected chi connectivity index (χ0v) is 16.4. The van der Waals surface area contributed by atoms with Crippen LogP contribution < -0.4 is 10.6 Å². The normalized spacial score (nSPS) is 10.7. The van der Waals surface area contributed by atoms with Gasteiger partial charge in [0.1, 0.15) is 11.4 Å². The summed E-state index contributed by atoms with van der Waals surface area (Å²) in [7, 11) is 3.97. The maximum Gasteiger partial charge on any atom is 0.269 e. The van der Waals surface area contributed by atoms with E-state index in [0.717, 1.165) is 18.5 Å². The largest absolute Gasteiger partial charge is 0.351 e. The molecule has 0 unspecified atom stereocenters. The van der Waals surface area contributed by atoms with E-state index in [9.17, 15) is 9.59 Å². The summed E-state index contributed by atoms with van der Waals surface area (Å²) in [5, 5.41) is 6.31. The van der Waals surface area contributed by atoms with Crippen molar-refractivity contribution in [3.63, 3.8) is 0 Å². The molecule has 0 aliphatic rings. The van der Waals surface area contributed by atoms with Gasteiger partial charge in [-0.2, -0.15) is 0 Å². The molecule has 0 radical (unpaired) electrons. The van der Waals surface area contributed by atoms with E-state index in [1.54, 1.807) is 18.2 Å². The summed E-state index contributed by atoms with van der Waals surface area (Å²) in [6.07, 6.45) is 1.51. The van der Waals surface area contributed by atoms with Crippen molar-refractivity contribution in [2.24, 2.45) is 0 Å². The quantitative estimate of drug-likeness (QED) is 0.647. The average molecular weight is 389 g/mol. The smallest absolute Gasteiger partial charge is 0.269 e. The van der Waals surface area contributed by atoms with Gasteiger partial charge in [0.15, 0.2) is 0 Å². The molecule has 2 N–H and O–H groups in total. The first kappa shape index (κ1) is 20.9. The van der Waals surface area contributed by atoms with Gasteiger partial charge in [0, 0.05) is 18.1 Å². The van der Waals surface area contributed by atoms with Crippen molar-refractivity contribution in [2.75, 3.05) is 33.7 Å². The highest BCUT2D eigenvalue weighted by atomic mass is 35.5. The van der Waals surface area contributed by atoms with Gasteiger partial charge in [-0.3, -0.25) is 9.59 Å². The van der Waals surface area contributed by atoms with Crippen molar-refractivity contribution in [2.45, 2.75) is 12.8 Å². The van der Waals surface area contributed by atoms with Gasteiger partial charge in [-0.15, -0.1) is 0 Å². The van der Waals surface area contributed by atoms with Crippen molar-refractivity contribution in [1.82, 2.24) is 20.5 Å². The van der Waals surface area contributed by atoms with Crippen LogP contribution in [0.25, 0.3) is 0 Å². The lowest BCUT2D eigenvalue weighted by molar-refractivity contribution is 0.0944. The molecule has 0 spiro atoms. The number of nitrogens with zero attached hydrogens (tertiary/aromatic N) is 2. The number of halogens is 1. The number of hydrogen-bond donors (Lipinski definition) is 2. The fraction of sp³-hybridized carbons (Fsp3) is 0.350. The molecular weight excluding hydrogens is 364 g/mol. The van der Waals surface area contributed by atoms with E-state index in [-0.39, 0.29) is 23.2 Å². The lowest BCUT2D eigenvalue weighted by Gasteiger charge is -2.10. The molecule has 27 heavy (non-hydrogen) atoms. The van der Waals surface area contributed by atoms with Gasteiger partial charge >= 0.3 is 0 Å². The summed E-state index contributed by atoms with van der Waals surface area (Å²) in [4.78, 5) is 30.7. The van der Waals surface area contributed by atoms with Crippen molar-refractivity contribution >= 4 is 23.4 Å². The standard InChI is InChI=1S/C20H25ClN4O2/c1-25(2)13-5-11-22-19(26)17-8-4-9-18(24-17)20(27)23-12-10-15-6-3-7-16(21)14-15/h3-4,6-9,14H,5,10-13H2,1-2H3,(H,22,26)(H,23,27). The summed E-state index contributed by atoms with van der Waals surface area (Å²) in [6, 6.07) is 12.4. The Kier molecular flexibility index (Phi) is 8.23. The Labute approximate surface area is 164 Å². The molecule has 0 fully saturated rings. The van der Waals surface area contributed by atoms with Gasteiger partial charge in [-0.25, -0.2) is 4.98 Å². The number of nitrogens with one attached hydrogen (secondary N) is 2. The number of amides is 2. The lowest BCUT2D eigenvalue weighted by Crippen LogP contribution is -2.30. The number of carbonyl (C=O) groups excluding carboxylic acids is 2. The summed E-state index contributed by atoms with van der Waals surface area (Å²) in [5.41, 5.74) is 1.51. The second-order valence-corrected chi connectivity index (χ2v) is 6.89. The van der Waals surface area contributed by atoms with E-state index < -0.39 is 0 Å². The van der Waals surface area contributed by atoms with Gasteiger partial charge in [0.05, 0.1) is 0 Å². The molecule has 0 saturated heterocycles. The van der Waals surface area contributed by atoms with E-state index >= 15 is 0 Å². The summed E-state index contributed by atoms with van der Waals surface area (Å²) < 4.78 is 0. The minimum atomic E-state index is -0.306. The Balaban J connectivity index is 1.84. The summed E-state index contributed by atoms with van der Waals surface area (Å²) >= 11 is 5.95. The Bertz CT molecular complexity index is 780. The van der Waals surface area contributed by atoms with Crippen LogP contribution >= 0.6 is 11.6 Å². The molecule has 2 aromatic rings.